The maximum absolute atomic E-state index is 9.50. The minimum Gasteiger partial charge on any atom is -0.491 e. The third-order valence-corrected chi connectivity index (χ3v) is 2.15. The molecule has 2 atom stereocenters. The van der Waals surface area contributed by atoms with Gasteiger partial charge in [0.1, 0.15) is 12.4 Å². The van der Waals surface area contributed by atoms with Crippen LogP contribution in [0.4, 0.5) is 0 Å². The zero-order chi connectivity index (χ0) is 11.3. The lowest BCUT2D eigenvalue weighted by atomic mass is 10.2. The standard InChI is InChI=1S/C11H16ClNO2/c1-8(13)6-10(14)7-15-11-4-2-9(12)3-5-11/h2-5,8,10,14H,6-7,13H2,1H3. The first-order valence-electron chi connectivity index (χ1n) is 4.90. The molecule has 1 aromatic carbocycles. The minimum absolute atomic E-state index is 0.0196. The molecule has 0 saturated carbocycles. The summed E-state index contributed by atoms with van der Waals surface area (Å²) in [6.07, 6.45) is 0.00816. The van der Waals surface area contributed by atoms with Crippen LogP contribution in [0.5, 0.6) is 5.75 Å². The topological polar surface area (TPSA) is 55.5 Å². The van der Waals surface area contributed by atoms with Gasteiger partial charge in [0.25, 0.3) is 0 Å². The Bertz CT molecular complexity index is 287. The number of nitrogens with two attached hydrogens (primary N) is 1. The van der Waals surface area contributed by atoms with Gasteiger partial charge >= 0.3 is 0 Å². The maximum Gasteiger partial charge on any atom is 0.119 e. The van der Waals surface area contributed by atoms with E-state index in [1.54, 1.807) is 24.3 Å². The average Bonchev–Trinajstić information content (AvgIpc) is 2.16. The van der Waals surface area contributed by atoms with Crippen molar-refractivity contribution in [1.82, 2.24) is 0 Å². The van der Waals surface area contributed by atoms with E-state index in [1.807, 2.05) is 6.92 Å². The summed E-state index contributed by atoms with van der Waals surface area (Å²) < 4.78 is 5.36. The molecule has 3 N–H and O–H groups in total. The number of hydrogen-bond acceptors (Lipinski definition) is 3. The van der Waals surface area contributed by atoms with E-state index in [4.69, 9.17) is 22.1 Å². The minimum atomic E-state index is -0.527. The van der Waals surface area contributed by atoms with E-state index in [2.05, 4.69) is 0 Å². The van der Waals surface area contributed by atoms with E-state index in [0.29, 0.717) is 17.2 Å². The van der Waals surface area contributed by atoms with Gasteiger partial charge in [-0.05, 0) is 37.6 Å². The van der Waals surface area contributed by atoms with Crippen molar-refractivity contribution >= 4 is 11.6 Å². The van der Waals surface area contributed by atoms with Crippen molar-refractivity contribution in [2.45, 2.75) is 25.5 Å². The van der Waals surface area contributed by atoms with Gasteiger partial charge in [-0.1, -0.05) is 11.6 Å². The summed E-state index contributed by atoms with van der Waals surface area (Å²) in [7, 11) is 0. The highest BCUT2D eigenvalue weighted by Gasteiger charge is 2.07. The van der Waals surface area contributed by atoms with Gasteiger partial charge in [0.05, 0.1) is 6.10 Å². The summed E-state index contributed by atoms with van der Waals surface area (Å²) in [5, 5.41) is 10.2. The van der Waals surface area contributed by atoms with Crippen molar-refractivity contribution in [3.8, 4) is 5.75 Å². The van der Waals surface area contributed by atoms with Gasteiger partial charge < -0.3 is 15.6 Å². The molecule has 0 radical (unpaired) electrons. The largest absolute Gasteiger partial charge is 0.491 e. The van der Waals surface area contributed by atoms with Crippen molar-refractivity contribution in [3.05, 3.63) is 29.3 Å². The van der Waals surface area contributed by atoms with E-state index in [9.17, 15) is 5.11 Å². The second kappa shape index (κ2) is 5.95. The highest BCUT2D eigenvalue weighted by Crippen LogP contribution is 2.15. The summed E-state index contributed by atoms with van der Waals surface area (Å²) in [6, 6.07) is 7.00. The van der Waals surface area contributed by atoms with Crippen molar-refractivity contribution in [3.63, 3.8) is 0 Å². The molecule has 0 aliphatic heterocycles. The summed E-state index contributed by atoms with van der Waals surface area (Å²) in [5.41, 5.74) is 5.55. The first-order valence-corrected chi connectivity index (χ1v) is 5.27. The lowest BCUT2D eigenvalue weighted by Crippen LogP contribution is -2.27. The van der Waals surface area contributed by atoms with Crippen molar-refractivity contribution in [1.29, 1.82) is 0 Å². The SMILES string of the molecule is CC(N)CC(O)COc1ccc(Cl)cc1. The number of rotatable bonds is 5. The van der Waals surface area contributed by atoms with Crippen LogP contribution in [0.25, 0.3) is 0 Å². The Morgan fingerprint density at radius 2 is 2.00 bits per heavy atom. The number of aliphatic hydroxyl groups excluding tert-OH is 1. The predicted molar refractivity (Wildman–Crippen MR) is 61.2 cm³/mol. The van der Waals surface area contributed by atoms with Crippen LogP contribution < -0.4 is 10.5 Å². The highest BCUT2D eigenvalue weighted by molar-refractivity contribution is 6.30. The van der Waals surface area contributed by atoms with Gasteiger partial charge in [0.15, 0.2) is 0 Å². The third-order valence-electron chi connectivity index (χ3n) is 1.90. The Kier molecular flexibility index (Phi) is 4.88. The summed E-state index contributed by atoms with van der Waals surface area (Å²) in [6.45, 7) is 2.11. The lowest BCUT2D eigenvalue weighted by molar-refractivity contribution is 0.0954. The fourth-order valence-electron chi connectivity index (χ4n) is 1.22. The zero-order valence-corrected chi connectivity index (χ0v) is 9.45. The van der Waals surface area contributed by atoms with Crippen LogP contribution in [0.15, 0.2) is 24.3 Å². The van der Waals surface area contributed by atoms with Crippen molar-refractivity contribution < 1.29 is 9.84 Å². The summed E-state index contributed by atoms with van der Waals surface area (Å²) >= 11 is 5.72. The van der Waals surface area contributed by atoms with Gasteiger partial charge in [-0.3, -0.25) is 0 Å². The number of benzene rings is 1. The molecule has 0 aliphatic carbocycles. The van der Waals surface area contributed by atoms with Crippen molar-refractivity contribution in [2.24, 2.45) is 5.73 Å². The van der Waals surface area contributed by atoms with Gasteiger partial charge in [-0.15, -0.1) is 0 Å². The summed E-state index contributed by atoms with van der Waals surface area (Å²) in [4.78, 5) is 0. The molecule has 15 heavy (non-hydrogen) atoms. The Labute approximate surface area is 94.8 Å². The van der Waals surface area contributed by atoms with Crippen LogP contribution in [-0.4, -0.2) is 23.9 Å². The molecule has 0 aliphatic rings. The monoisotopic (exact) mass is 229 g/mol. The summed E-state index contributed by atoms with van der Waals surface area (Å²) in [5.74, 6) is 0.697. The third kappa shape index (κ3) is 5.02. The molecule has 1 aromatic rings. The van der Waals surface area contributed by atoms with Gasteiger partial charge in [0, 0.05) is 11.1 Å². The van der Waals surface area contributed by atoms with E-state index in [-0.39, 0.29) is 12.6 Å². The molecule has 4 heteroatoms. The van der Waals surface area contributed by atoms with Crippen LogP contribution in [0, 0.1) is 0 Å². The smallest absolute Gasteiger partial charge is 0.119 e. The molecule has 1 rings (SSSR count). The fourth-order valence-corrected chi connectivity index (χ4v) is 1.35. The molecule has 3 nitrogen and oxygen atoms in total. The van der Waals surface area contributed by atoms with Crippen molar-refractivity contribution in [2.75, 3.05) is 6.61 Å². The average molecular weight is 230 g/mol. The molecule has 0 amide bonds. The lowest BCUT2D eigenvalue weighted by Gasteiger charge is -2.14. The second-order valence-electron chi connectivity index (χ2n) is 3.63. The normalized spacial score (nSPS) is 14.7. The van der Waals surface area contributed by atoms with Crippen LogP contribution in [0.1, 0.15) is 13.3 Å². The molecule has 0 spiro atoms. The zero-order valence-electron chi connectivity index (χ0n) is 8.69. The molecule has 0 aromatic heterocycles. The number of hydrogen-bond donors (Lipinski definition) is 2. The predicted octanol–water partition coefficient (Wildman–Crippen LogP) is 1.82. The van der Waals surface area contributed by atoms with E-state index < -0.39 is 6.10 Å². The van der Waals surface area contributed by atoms with Crippen LogP contribution >= 0.6 is 11.6 Å². The van der Waals surface area contributed by atoms with Crippen LogP contribution in [-0.2, 0) is 0 Å². The molecule has 0 bridgehead atoms. The number of ether oxygens (including phenoxy) is 1. The Balaban J connectivity index is 2.33. The molecule has 0 fully saturated rings. The van der Waals surface area contributed by atoms with Crippen LogP contribution in [0.2, 0.25) is 5.02 Å². The quantitative estimate of drug-likeness (QED) is 0.810. The highest BCUT2D eigenvalue weighted by atomic mass is 35.5. The number of aliphatic hydroxyl groups is 1. The Morgan fingerprint density at radius 3 is 2.53 bits per heavy atom. The molecule has 0 heterocycles. The van der Waals surface area contributed by atoms with Gasteiger partial charge in [-0.2, -0.15) is 0 Å². The molecular formula is C11H16ClNO2. The fraction of sp³-hybridized carbons (Fsp3) is 0.455. The Hall–Kier alpha value is -0.770. The number of halogens is 1. The van der Waals surface area contributed by atoms with E-state index in [1.165, 1.54) is 0 Å². The first kappa shape index (κ1) is 12.3. The first-order chi connectivity index (χ1) is 7.08. The van der Waals surface area contributed by atoms with E-state index in [0.717, 1.165) is 0 Å². The van der Waals surface area contributed by atoms with Crippen LogP contribution in [0.3, 0.4) is 0 Å². The maximum atomic E-state index is 9.50. The van der Waals surface area contributed by atoms with E-state index >= 15 is 0 Å². The molecule has 2 unspecified atom stereocenters. The van der Waals surface area contributed by atoms with Gasteiger partial charge in [0.2, 0.25) is 0 Å². The molecular weight excluding hydrogens is 214 g/mol. The van der Waals surface area contributed by atoms with Gasteiger partial charge in [-0.25, -0.2) is 0 Å². The molecule has 84 valence electrons. The second-order valence-corrected chi connectivity index (χ2v) is 4.07. The molecule has 0 saturated heterocycles. The Morgan fingerprint density at radius 1 is 1.40 bits per heavy atom.